The van der Waals surface area contributed by atoms with E-state index in [1.165, 1.54) is 24.9 Å². The van der Waals surface area contributed by atoms with E-state index in [9.17, 15) is 0 Å². The maximum absolute atomic E-state index is 3.63. The molecule has 2 heteroatoms. The van der Waals surface area contributed by atoms with Crippen molar-refractivity contribution in [1.82, 2.24) is 10.2 Å². The molecule has 100 valence electrons. The molecule has 1 aromatic rings. The first kappa shape index (κ1) is 13.6. The van der Waals surface area contributed by atoms with E-state index in [1.54, 1.807) is 0 Å². The number of nitrogens with one attached hydrogen (secondary N) is 1. The van der Waals surface area contributed by atoms with Crippen LogP contribution in [0, 0.1) is 5.92 Å². The van der Waals surface area contributed by atoms with Crippen LogP contribution in [0.25, 0.3) is 0 Å². The third-order valence-electron chi connectivity index (χ3n) is 3.79. The SMILES string of the molecule is CCNC(CN(C)CCc1ccccc1)C1CC1. The van der Waals surface area contributed by atoms with Crippen molar-refractivity contribution in [2.24, 2.45) is 5.92 Å². The summed E-state index contributed by atoms with van der Waals surface area (Å²) in [5.74, 6) is 0.934. The summed E-state index contributed by atoms with van der Waals surface area (Å²) in [5.41, 5.74) is 1.44. The molecule has 2 nitrogen and oxygen atoms in total. The normalized spacial score (nSPS) is 17.1. The van der Waals surface area contributed by atoms with Gasteiger partial charge in [-0.25, -0.2) is 0 Å². The molecule has 1 aliphatic rings. The summed E-state index contributed by atoms with van der Waals surface area (Å²) >= 11 is 0. The molecule has 1 atom stereocenters. The van der Waals surface area contributed by atoms with Crippen LogP contribution < -0.4 is 5.32 Å². The van der Waals surface area contributed by atoms with Gasteiger partial charge in [0.25, 0.3) is 0 Å². The first-order chi connectivity index (χ1) is 8.79. The lowest BCUT2D eigenvalue weighted by Crippen LogP contribution is -2.41. The zero-order valence-electron chi connectivity index (χ0n) is 11.7. The van der Waals surface area contributed by atoms with Gasteiger partial charge in [-0.2, -0.15) is 0 Å². The third-order valence-corrected chi connectivity index (χ3v) is 3.79. The maximum Gasteiger partial charge on any atom is 0.0223 e. The molecule has 1 unspecified atom stereocenters. The van der Waals surface area contributed by atoms with Gasteiger partial charge in [-0.05, 0) is 44.3 Å². The highest BCUT2D eigenvalue weighted by atomic mass is 15.1. The predicted molar refractivity (Wildman–Crippen MR) is 77.8 cm³/mol. The Morgan fingerprint density at radius 3 is 2.61 bits per heavy atom. The molecule has 1 saturated carbocycles. The topological polar surface area (TPSA) is 15.3 Å². The molecule has 0 heterocycles. The predicted octanol–water partition coefficient (Wildman–Crippen LogP) is 2.55. The van der Waals surface area contributed by atoms with E-state index in [2.05, 4.69) is 54.5 Å². The standard InChI is InChI=1S/C16H26N2/c1-3-17-16(15-9-10-15)13-18(2)12-11-14-7-5-4-6-8-14/h4-8,15-17H,3,9-13H2,1-2H3. The highest BCUT2D eigenvalue weighted by Crippen LogP contribution is 2.32. The van der Waals surface area contributed by atoms with Gasteiger partial charge >= 0.3 is 0 Å². The molecule has 1 fully saturated rings. The fourth-order valence-corrected chi connectivity index (χ4v) is 2.53. The molecule has 0 aromatic heterocycles. The highest BCUT2D eigenvalue weighted by Gasteiger charge is 2.30. The van der Waals surface area contributed by atoms with Gasteiger partial charge in [-0.15, -0.1) is 0 Å². The lowest BCUT2D eigenvalue weighted by atomic mass is 10.1. The molecule has 2 rings (SSSR count). The zero-order chi connectivity index (χ0) is 12.8. The van der Waals surface area contributed by atoms with Crippen LogP contribution in [0.5, 0.6) is 0 Å². The fourth-order valence-electron chi connectivity index (χ4n) is 2.53. The van der Waals surface area contributed by atoms with Crippen molar-refractivity contribution in [2.45, 2.75) is 32.2 Å². The number of benzene rings is 1. The Morgan fingerprint density at radius 2 is 2.00 bits per heavy atom. The largest absolute Gasteiger partial charge is 0.313 e. The van der Waals surface area contributed by atoms with E-state index in [1.807, 2.05) is 0 Å². The fraction of sp³-hybridized carbons (Fsp3) is 0.625. The summed E-state index contributed by atoms with van der Waals surface area (Å²) in [6.45, 7) is 5.64. The lowest BCUT2D eigenvalue weighted by molar-refractivity contribution is 0.278. The molecule has 1 N–H and O–H groups in total. The van der Waals surface area contributed by atoms with Crippen LogP contribution in [0.3, 0.4) is 0 Å². The van der Waals surface area contributed by atoms with Gasteiger partial charge in [0.15, 0.2) is 0 Å². The van der Waals surface area contributed by atoms with Crippen molar-refractivity contribution in [3.8, 4) is 0 Å². The van der Waals surface area contributed by atoms with E-state index in [4.69, 9.17) is 0 Å². The molecule has 18 heavy (non-hydrogen) atoms. The molecule has 0 radical (unpaired) electrons. The van der Waals surface area contributed by atoms with Crippen LogP contribution in [0.4, 0.5) is 0 Å². The molecule has 0 amide bonds. The van der Waals surface area contributed by atoms with Gasteiger partial charge in [0.05, 0.1) is 0 Å². The molecule has 0 bridgehead atoms. The molecule has 0 aliphatic heterocycles. The number of nitrogens with zero attached hydrogens (tertiary/aromatic N) is 1. The lowest BCUT2D eigenvalue weighted by Gasteiger charge is -2.24. The minimum atomic E-state index is 0.704. The maximum atomic E-state index is 3.63. The quantitative estimate of drug-likeness (QED) is 0.758. The molecular weight excluding hydrogens is 220 g/mol. The second-order valence-electron chi connectivity index (χ2n) is 5.50. The Morgan fingerprint density at radius 1 is 1.28 bits per heavy atom. The van der Waals surface area contributed by atoms with Gasteiger partial charge < -0.3 is 10.2 Å². The van der Waals surface area contributed by atoms with E-state index >= 15 is 0 Å². The van der Waals surface area contributed by atoms with Crippen molar-refractivity contribution >= 4 is 0 Å². The Labute approximate surface area is 111 Å². The first-order valence-corrected chi connectivity index (χ1v) is 7.25. The average Bonchev–Trinajstić information content (AvgIpc) is 3.21. The summed E-state index contributed by atoms with van der Waals surface area (Å²) in [6.07, 6.45) is 4.00. The van der Waals surface area contributed by atoms with Crippen molar-refractivity contribution in [3.63, 3.8) is 0 Å². The van der Waals surface area contributed by atoms with Gasteiger partial charge in [0, 0.05) is 19.1 Å². The average molecular weight is 246 g/mol. The third kappa shape index (κ3) is 4.43. The van der Waals surface area contributed by atoms with E-state index in [0.29, 0.717) is 6.04 Å². The summed E-state index contributed by atoms with van der Waals surface area (Å²) in [4.78, 5) is 2.47. The smallest absolute Gasteiger partial charge is 0.0223 e. The van der Waals surface area contributed by atoms with Crippen LogP contribution in [0.1, 0.15) is 25.3 Å². The van der Waals surface area contributed by atoms with Crippen LogP contribution in [-0.4, -0.2) is 37.6 Å². The van der Waals surface area contributed by atoms with Crippen molar-refractivity contribution in [3.05, 3.63) is 35.9 Å². The Balaban J connectivity index is 1.72. The number of hydrogen-bond donors (Lipinski definition) is 1. The summed E-state index contributed by atoms with van der Waals surface area (Å²) in [7, 11) is 2.25. The van der Waals surface area contributed by atoms with Crippen LogP contribution in [0.15, 0.2) is 30.3 Å². The number of likely N-dealkylation sites (N-methyl/N-ethyl adjacent to an activating group) is 2. The zero-order valence-corrected chi connectivity index (χ0v) is 11.7. The van der Waals surface area contributed by atoms with Gasteiger partial charge in [-0.1, -0.05) is 37.3 Å². The van der Waals surface area contributed by atoms with Crippen LogP contribution in [0.2, 0.25) is 0 Å². The number of rotatable bonds is 8. The Bertz CT molecular complexity index is 332. The van der Waals surface area contributed by atoms with Gasteiger partial charge in [0.2, 0.25) is 0 Å². The van der Waals surface area contributed by atoms with Crippen molar-refractivity contribution in [1.29, 1.82) is 0 Å². The molecular formula is C16H26N2. The van der Waals surface area contributed by atoms with E-state index < -0.39 is 0 Å². The summed E-state index contributed by atoms with van der Waals surface area (Å²) in [6, 6.07) is 11.5. The first-order valence-electron chi connectivity index (χ1n) is 7.25. The second kappa shape index (κ2) is 6.91. The van der Waals surface area contributed by atoms with Crippen LogP contribution in [-0.2, 0) is 6.42 Å². The minimum absolute atomic E-state index is 0.704. The number of hydrogen-bond acceptors (Lipinski definition) is 2. The minimum Gasteiger partial charge on any atom is -0.313 e. The van der Waals surface area contributed by atoms with Gasteiger partial charge in [0.1, 0.15) is 0 Å². The van der Waals surface area contributed by atoms with Crippen molar-refractivity contribution in [2.75, 3.05) is 26.7 Å². The Hall–Kier alpha value is -0.860. The van der Waals surface area contributed by atoms with E-state index in [-0.39, 0.29) is 0 Å². The summed E-state index contributed by atoms with van der Waals surface area (Å²) in [5, 5.41) is 3.63. The van der Waals surface area contributed by atoms with E-state index in [0.717, 1.165) is 25.4 Å². The monoisotopic (exact) mass is 246 g/mol. The van der Waals surface area contributed by atoms with Crippen LogP contribution >= 0.6 is 0 Å². The second-order valence-corrected chi connectivity index (χ2v) is 5.50. The highest BCUT2D eigenvalue weighted by molar-refractivity contribution is 5.14. The Kier molecular flexibility index (Phi) is 5.21. The molecule has 1 aliphatic carbocycles. The molecule has 1 aromatic carbocycles. The van der Waals surface area contributed by atoms with Crippen molar-refractivity contribution < 1.29 is 0 Å². The molecule has 0 saturated heterocycles. The molecule has 0 spiro atoms. The van der Waals surface area contributed by atoms with Gasteiger partial charge in [-0.3, -0.25) is 0 Å². The summed E-state index contributed by atoms with van der Waals surface area (Å²) < 4.78 is 0.